The minimum atomic E-state index is -3.43. The first-order chi connectivity index (χ1) is 9.07. The standard InChI is InChI=1S/C12H16ClN3O2S/c13-12-9-11(3-4-14-12)19(17,18)16-7-5-15(6-8-16)10-1-2-10/h3-4,9-10H,1-2,5-8H2. The van der Waals surface area contributed by atoms with Gasteiger partial charge in [0.15, 0.2) is 0 Å². The Kier molecular flexibility index (Phi) is 3.51. The number of rotatable bonds is 3. The first-order valence-electron chi connectivity index (χ1n) is 6.43. The molecule has 7 heteroatoms. The van der Waals surface area contributed by atoms with Crippen molar-refractivity contribution in [3.63, 3.8) is 0 Å². The molecule has 3 rings (SSSR count). The zero-order valence-electron chi connectivity index (χ0n) is 10.5. The van der Waals surface area contributed by atoms with Crippen LogP contribution in [0.3, 0.4) is 0 Å². The summed E-state index contributed by atoms with van der Waals surface area (Å²) in [6.45, 7) is 2.75. The highest BCUT2D eigenvalue weighted by molar-refractivity contribution is 7.89. The number of hydrogen-bond acceptors (Lipinski definition) is 4. The molecule has 0 bridgehead atoms. The molecule has 19 heavy (non-hydrogen) atoms. The van der Waals surface area contributed by atoms with Gasteiger partial charge in [0.05, 0.1) is 4.90 Å². The van der Waals surface area contributed by atoms with Crippen LogP contribution < -0.4 is 0 Å². The lowest BCUT2D eigenvalue weighted by atomic mass is 10.3. The molecule has 2 heterocycles. The van der Waals surface area contributed by atoms with Crippen molar-refractivity contribution >= 4 is 21.6 Å². The minimum absolute atomic E-state index is 0.206. The van der Waals surface area contributed by atoms with Crippen molar-refractivity contribution in [2.75, 3.05) is 26.2 Å². The van der Waals surface area contributed by atoms with Crippen LogP contribution in [-0.4, -0.2) is 54.8 Å². The Morgan fingerprint density at radius 3 is 2.47 bits per heavy atom. The Labute approximate surface area is 118 Å². The van der Waals surface area contributed by atoms with Crippen LogP contribution >= 0.6 is 11.6 Å². The molecule has 0 spiro atoms. The summed E-state index contributed by atoms with van der Waals surface area (Å²) in [4.78, 5) is 6.43. The van der Waals surface area contributed by atoms with E-state index in [2.05, 4.69) is 9.88 Å². The van der Waals surface area contributed by atoms with E-state index in [1.165, 1.54) is 35.5 Å². The maximum absolute atomic E-state index is 12.5. The molecule has 0 N–H and O–H groups in total. The van der Waals surface area contributed by atoms with E-state index in [1.807, 2.05) is 0 Å². The fourth-order valence-electron chi connectivity index (χ4n) is 2.44. The van der Waals surface area contributed by atoms with Gasteiger partial charge in [0.1, 0.15) is 5.15 Å². The maximum atomic E-state index is 12.5. The Bertz CT molecular complexity index is 566. The SMILES string of the molecule is O=S(=O)(c1ccnc(Cl)c1)N1CCN(C2CC2)CC1. The van der Waals surface area contributed by atoms with Crippen molar-refractivity contribution in [3.05, 3.63) is 23.5 Å². The molecule has 1 saturated heterocycles. The molecule has 1 aliphatic heterocycles. The van der Waals surface area contributed by atoms with Gasteiger partial charge in [-0.3, -0.25) is 4.90 Å². The smallest absolute Gasteiger partial charge is 0.243 e. The molecule has 0 atom stereocenters. The van der Waals surface area contributed by atoms with Crippen LogP contribution in [0.1, 0.15) is 12.8 Å². The summed E-state index contributed by atoms with van der Waals surface area (Å²) in [6.07, 6.45) is 3.94. The first-order valence-corrected chi connectivity index (χ1v) is 8.25. The molecule has 2 fully saturated rings. The van der Waals surface area contributed by atoms with Crippen LogP contribution in [0.2, 0.25) is 5.15 Å². The van der Waals surface area contributed by atoms with E-state index in [1.54, 1.807) is 0 Å². The van der Waals surface area contributed by atoms with Crippen molar-refractivity contribution in [1.82, 2.24) is 14.2 Å². The van der Waals surface area contributed by atoms with Crippen molar-refractivity contribution in [1.29, 1.82) is 0 Å². The number of aromatic nitrogens is 1. The van der Waals surface area contributed by atoms with Crippen LogP contribution in [0.5, 0.6) is 0 Å². The largest absolute Gasteiger partial charge is 0.298 e. The first kappa shape index (κ1) is 13.3. The number of halogens is 1. The lowest BCUT2D eigenvalue weighted by molar-refractivity contribution is 0.180. The second-order valence-corrected chi connectivity index (χ2v) is 7.31. The molecular weight excluding hydrogens is 286 g/mol. The molecule has 0 unspecified atom stereocenters. The highest BCUT2D eigenvalue weighted by Crippen LogP contribution is 2.28. The average Bonchev–Trinajstić information content (AvgIpc) is 3.23. The second-order valence-electron chi connectivity index (χ2n) is 4.99. The summed E-state index contributed by atoms with van der Waals surface area (Å²) >= 11 is 5.76. The number of pyridine rings is 1. The number of hydrogen-bond donors (Lipinski definition) is 0. The molecule has 1 aromatic heterocycles. The van der Waals surface area contributed by atoms with Gasteiger partial charge in [-0.1, -0.05) is 11.6 Å². The molecule has 1 saturated carbocycles. The van der Waals surface area contributed by atoms with Crippen LogP contribution in [0.4, 0.5) is 0 Å². The quantitative estimate of drug-likeness (QED) is 0.787. The van der Waals surface area contributed by atoms with Gasteiger partial charge in [0, 0.05) is 38.4 Å². The molecule has 1 aliphatic carbocycles. The molecular formula is C12H16ClN3O2S. The maximum Gasteiger partial charge on any atom is 0.243 e. The number of sulfonamides is 1. The Morgan fingerprint density at radius 1 is 1.21 bits per heavy atom. The van der Waals surface area contributed by atoms with E-state index in [0.29, 0.717) is 19.1 Å². The van der Waals surface area contributed by atoms with Gasteiger partial charge in [-0.15, -0.1) is 0 Å². The zero-order valence-corrected chi connectivity index (χ0v) is 12.1. The molecule has 5 nitrogen and oxygen atoms in total. The third kappa shape index (κ3) is 2.76. The monoisotopic (exact) mass is 301 g/mol. The Hall–Kier alpha value is -0.690. The molecule has 0 amide bonds. The molecule has 0 aromatic carbocycles. The highest BCUT2D eigenvalue weighted by Gasteiger charge is 2.34. The zero-order chi connectivity index (χ0) is 13.5. The van der Waals surface area contributed by atoms with E-state index >= 15 is 0 Å². The summed E-state index contributed by atoms with van der Waals surface area (Å²) in [5.41, 5.74) is 0. The van der Waals surface area contributed by atoms with Crippen molar-refractivity contribution in [3.8, 4) is 0 Å². The van der Waals surface area contributed by atoms with E-state index in [4.69, 9.17) is 11.6 Å². The summed E-state index contributed by atoms with van der Waals surface area (Å²) in [5, 5.41) is 0.206. The fraction of sp³-hybridized carbons (Fsp3) is 0.583. The normalized spacial score (nSPS) is 22.6. The molecule has 2 aliphatic rings. The predicted molar refractivity (Wildman–Crippen MR) is 72.6 cm³/mol. The van der Waals surface area contributed by atoms with Crippen LogP contribution in [-0.2, 0) is 10.0 Å². The topological polar surface area (TPSA) is 53.5 Å². The third-order valence-corrected chi connectivity index (χ3v) is 5.77. The van der Waals surface area contributed by atoms with E-state index in [-0.39, 0.29) is 10.0 Å². The van der Waals surface area contributed by atoms with E-state index in [0.717, 1.165) is 13.1 Å². The lowest BCUT2D eigenvalue weighted by Gasteiger charge is -2.34. The third-order valence-electron chi connectivity index (χ3n) is 3.67. The van der Waals surface area contributed by atoms with Crippen LogP contribution in [0, 0.1) is 0 Å². The average molecular weight is 302 g/mol. The highest BCUT2D eigenvalue weighted by atomic mass is 35.5. The van der Waals surface area contributed by atoms with Gasteiger partial charge < -0.3 is 0 Å². The van der Waals surface area contributed by atoms with Gasteiger partial charge in [-0.2, -0.15) is 4.31 Å². The summed E-state index contributed by atoms with van der Waals surface area (Å²) in [7, 11) is -3.43. The second kappa shape index (κ2) is 5.01. The van der Waals surface area contributed by atoms with Gasteiger partial charge in [-0.05, 0) is 25.0 Å². The molecule has 104 valence electrons. The van der Waals surface area contributed by atoms with E-state index in [9.17, 15) is 8.42 Å². The van der Waals surface area contributed by atoms with Gasteiger partial charge in [-0.25, -0.2) is 13.4 Å². The number of piperazine rings is 1. The predicted octanol–water partition coefficient (Wildman–Crippen LogP) is 1.20. The summed E-state index contributed by atoms with van der Waals surface area (Å²) in [5.74, 6) is 0. The Balaban J connectivity index is 1.74. The van der Waals surface area contributed by atoms with E-state index < -0.39 is 10.0 Å². The minimum Gasteiger partial charge on any atom is -0.298 e. The van der Waals surface area contributed by atoms with Crippen molar-refractivity contribution < 1.29 is 8.42 Å². The van der Waals surface area contributed by atoms with Crippen LogP contribution in [0.15, 0.2) is 23.2 Å². The van der Waals surface area contributed by atoms with Gasteiger partial charge >= 0.3 is 0 Å². The van der Waals surface area contributed by atoms with Gasteiger partial charge in [0.25, 0.3) is 0 Å². The van der Waals surface area contributed by atoms with Crippen LogP contribution in [0.25, 0.3) is 0 Å². The summed E-state index contributed by atoms with van der Waals surface area (Å²) in [6, 6.07) is 3.60. The van der Waals surface area contributed by atoms with Crippen molar-refractivity contribution in [2.24, 2.45) is 0 Å². The van der Waals surface area contributed by atoms with Crippen molar-refractivity contribution in [2.45, 2.75) is 23.8 Å². The Morgan fingerprint density at radius 2 is 1.89 bits per heavy atom. The summed E-state index contributed by atoms with van der Waals surface area (Å²) < 4.78 is 26.4. The molecule has 0 radical (unpaired) electrons. The fourth-order valence-corrected chi connectivity index (χ4v) is 4.12. The molecule has 1 aromatic rings. The number of nitrogens with zero attached hydrogens (tertiary/aromatic N) is 3. The lowest BCUT2D eigenvalue weighted by Crippen LogP contribution is -2.49. The van der Waals surface area contributed by atoms with Gasteiger partial charge in [0.2, 0.25) is 10.0 Å².